The molecule has 0 radical (unpaired) electrons. The van der Waals surface area contributed by atoms with E-state index in [9.17, 15) is 19.5 Å². The number of allylic oxidation sites excluding steroid dienone is 8. The highest BCUT2D eigenvalue weighted by Gasteiger charge is 2.25. The molecule has 0 bridgehead atoms. The van der Waals surface area contributed by atoms with Crippen LogP contribution in [0.5, 0.6) is 0 Å². The number of aliphatic carboxylic acids is 1. The number of nitrogens with zero attached hydrogens (tertiary/aromatic N) is 1. The third-order valence-corrected chi connectivity index (χ3v) is 10.2. The van der Waals surface area contributed by atoms with Gasteiger partial charge in [-0.3, -0.25) is 9.59 Å². The molecule has 0 fully saturated rings. The normalized spacial score (nSPS) is 13.4. The number of carbonyl (C=O) groups is 3. The summed E-state index contributed by atoms with van der Waals surface area (Å²) >= 11 is 0. The minimum atomic E-state index is -1.13. The minimum absolute atomic E-state index is 0.0316. The minimum Gasteiger partial charge on any atom is -0.544 e. The Balaban J connectivity index is 4.35. The molecule has 0 aliphatic carbocycles. The first-order valence-electron chi connectivity index (χ1n) is 23.2. The molecule has 8 heteroatoms. The quantitative estimate of drug-likeness (QED) is 0.0262. The Morgan fingerprint density at radius 2 is 0.982 bits per heavy atom. The molecular formula is C49H87NO7. The van der Waals surface area contributed by atoms with Gasteiger partial charge < -0.3 is 28.6 Å². The second-order valence-corrected chi connectivity index (χ2v) is 16.6. The zero-order valence-corrected chi connectivity index (χ0v) is 37.5. The average Bonchev–Trinajstić information content (AvgIpc) is 3.17. The van der Waals surface area contributed by atoms with Crippen LogP contribution in [0.25, 0.3) is 0 Å². The van der Waals surface area contributed by atoms with Gasteiger partial charge in [0.1, 0.15) is 12.6 Å². The van der Waals surface area contributed by atoms with Crippen LogP contribution in [-0.4, -0.2) is 75.5 Å². The van der Waals surface area contributed by atoms with Crippen LogP contribution in [0.4, 0.5) is 0 Å². The number of ether oxygens (including phenoxy) is 3. The van der Waals surface area contributed by atoms with Gasteiger partial charge in [-0.25, -0.2) is 0 Å². The van der Waals surface area contributed by atoms with E-state index in [1.54, 1.807) is 21.1 Å². The second-order valence-electron chi connectivity index (χ2n) is 16.6. The molecule has 2 atom stereocenters. The van der Waals surface area contributed by atoms with Gasteiger partial charge in [-0.15, -0.1) is 0 Å². The molecular weight excluding hydrogens is 715 g/mol. The molecule has 0 spiro atoms. The van der Waals surface area contributed by atoms with Gasteiger partial charge in [0.25, 0.3) is 0 Å². The van der Waals surface area contributed by atoms with Crippen LogP contribution in [0.1, 0.15) is 194 Å². The SMILES string of the molecule is CC/C=C\C/C=C\C/C=C\C/C=C\CCCCCCC(=O)OC(COCCC(C(=O)[O-])[N+](C)(C)C)COC(=O)CCCCCCCCCCCCCCCCCC. The summed E-state index contributed by atoms with van der Waals surface area (Å²) in [5, 5.41) is 11.6. The Bertz CT molecular complexity index is 1070. The van der Waals surface area contributed by atoms with E-state index in [0.717, 1.165) is 77.0 Å². The van der Waals surface area contributed by atoms with Gasteiger partial charge in [-0.1, -0.05) is 172 Å². The molecule has 8 nitrogen and oxygen atoms in total. The average molecular weight is 802 g/mol. The van der Waals surface area contributed by atoms with E-state index in [4.69, 9.17) is 14.2 Å². The highest BCUT2D eigenvalue weighted by Crippen LogP contribution is 2.15. The number of hydrogen-bond acceptors (Lipinski definition) is 7. The van der Waals surface area contributed by atoms with Gasteiger partial charge in [0, 0.05) is 19.3 Å². The van der Waals surface area contributed by atoms with E-state index in [-0.39, 0.29) is 42.7 Å². The van der Waals surface area contributed by atoms with Gasteiger partial charge in [-0.2, -0.15) is 0 Å². The lowest BCUT2D eigenvalue weighted by molar-refractivity contribution is -0.889. The first-order chi connectivity index (χ1) is 27.6. The molecule has 2 unspecified atom stereocenters. The predicted molar refractivity (Wildman–Crippen MR) is 236 cm³/mol. The smallest absolute Gasteiger partial charge is 0.306 e. The van der Waals surface area contributed by atoms with Gasteiger partial charge in [0.05, 0.1) is 40.3 Å². The third-order valence-electron chi connectivity index (χ3n) is 10.2. The lowest BCUT2D eigenvalue weighted by Crippen LogP contribution is -2.55. The molecule has 0 N–H and O–H groups in total. The summed E-state index contributed by atoms with van der Waals surface area (Å²) in [7, 11) is 5.40. The Hall–Kier alpha value is -2.71. The third kappa shape index (κ3) is 38.6. The Morgan fingerprint density at radius 3 is 1.46 bits per heavy atom. The molecule has 0 saturated carbocycles. The summed E-state index contributed by atoms with van der Waals surface area (Å²) in [5.74, 6) is -1.76. The van der Waals surface area contributed by atoms with Crippen molar-refractivity contribution in [2.45, 2.75) is 206 Å². The number of unbranched alkanes of at least 4 members (excludes halogenated alkanes) is 19. The predicted octanol–water partition coefficient (Wildman–Crippen LogP) is 11.5. The van der Waals surface area contributed by atoms with Crippen LogP contribution in [0.3, 0.4) is 0 Å². The summed E-state index contributed by atoms with van der Waals surface area (Å²) in [6.07, 6.45) is 47.0. The van der Waals surface area contributed by atoms with E-state index in [1.807, 2.05) is 0 Å². The fourth-order valence-corrected chi connectivity index (χ4v) is 6.65. The number of quaternary nitrogens is 1. The fourth-order valence-electron chi connectivity index (χ4n) is 6.65. The zero-order valence-electron chi connectivity index (χ0n) is 37.5. The van der Waals surface area contributed by atoms with Crippen molar-refractivity contribution in [2.75, 3.05) is 41.0 Å². The molecule has 0 rings (SSSR count). The number of carbonyl (C=O) groups excluding carboxylic acids is 3. The van der Waals surface area contributed by atoms with Crippen molar-refractivity contribution < 1.29 is 38.2 Å². The molecule has 0 aromatic heterocycles. The lowest BCUT2D eigenvalue weighted by Gasteiger charge is -2.34. The van der Waals surface area contributed by atoms with E-state index in [2.05, 4.69) is 62.5 Å². The number of carboxylic acids is 1. The van der Waals surface area contributed by atoms with Crippen molar-refractivity contribution >= 4 is 17.9 Å². The summed E-state index contributed by atoms with van der Waals surface area (Å²) in [4.78, 5) is 36.9. The number of hydrogen-bond donors (Lipinski definition) is 0. The fraction of sp³-hybridized carbons (Fsp3) is 0.776. The molecule has 0 aliphatic heterocycles. The van der Waals surface area contributed by atoms with Crippen molar-refractivity contribution in [2.24, 2.45) is 0 Å². The van der Waals surface area contributed by atoms with Crippen LogP contribution < -0.4 is 5.11 Å². The van der Waals surface area contributed by atoms with Crippen molar-refractivity contribution in [3.05, 3.63) is 48.6 Å². The monoisotopic (exact) mass is 802 g/mol. The maximum absolute atomic E-state index is 12.7. The second kappa shape index (κ2) is 40.1. The van der Waals surface area contributed by atoms with Crippen LogP contribution in [-0.2, 0) is 28.6 Å². The lowest BCUT2D eigenvalue weighted by atomic mass is 10.0. The standard InChI is InChI=1S/C49H87NO7/c1-6-8-10-12-14-16-18-20-22-24-26-28-30-32-34-36-38-40-48(52)57-45(43-55-42-41-46(49(53)54)50(3,4)5)44-56-47(51)39-37-35-33-31-29-27-25-23-21-19-17-15-13-11-9-7-2/h8,10,14,16,20,22,26,28,45-46H,6-7,9,11-13,15,17-19,21,23-25,27,29-44H2,1-5H3/b10-8-,16-14-,22-20-,28-26-. The van der Waals surface area contributed by atoms with E-state index < -0.39 is 18.1 Å². The van der Waals surface area contributed by atoms with Crippen LogP contribution in [0, 0.1) is 0 Å². The Morgan fingerprint density at radius 1 is 0.544 bits per heavy atom. The maximum Gasteiger partial charge on any atom is 0.306 e. The van der Waals surface area contributed by atoms with Crippen molar-refractivity contribution in [1.82, 2.24) is 0 Å². The van der Waals surface area contributed by atoms with Crippen molar-refractivity contribution in [3.63, 3.8) is 0 Å². The molecule has 0 aromatic rings. The van der Waals surface area contributed by atoms with Crippen molar-refractivity contribution in [1.29, 1.82) is 0 Å². The zero-order chi connectivity index (χ0) is 42.1. The summed E-state index contributed by atoms with van der Waals surface area (Å²) in [5.41, 5.74) is 0. The highest BCUT2D eigenvalue weighted by molar-refractivity contribution is 5.70. The number of carboxylic acid groups (broad SMARTS) is 1. The first-order valence-corrected chi connectivity index (χ1v) is 23.2. The summed E-state index contributed by atoms with van der Waals surface area (Å²) in [6, 6.07) is -0.730. The van der Waals surface area contributed by atoms with Gasteiger partial charge in [0.15, 0.2) is 6.10 Å². The van der Waals surface area contributed by atoms with Crippen LogP contribution in [0.15, 0.2) is 48.6 Å². The highest BCUT2D eigenvalue weighted by atomic mass is 16.6. The summed E-state index contributed by atoms with van der Waals surface area (Å²) < 4.78 is 17.2. The topological polar surface area (TPSA) is 102 Å². The molecule has 0 amide bonds. The van der Waals surface area contributed by atoms with E-state index in [1.165, 1.54) is 83.5 Å². The number of rotatable bonds is 41. The maximum atomic E-state index is 12.7. The molecule has 0 heterocycles. The Kier molecular flexibility index (Phi) is 38.2. The molecule has 0 aromatic carbocycles. The van der Waals surface area contributed by atoms with Crippen molar-refractivity contribution in [3.8, 4) is 0 Å². The Labute approximate surface area is 350 Å². The summed E-state index contributed by atoms with van der Waals surface area (Å²) in [6.45, 7) is 4.53. The van der Waals surface area contributed by atoms with Gasteiger partial charge in [0.2, 0.25) is 0 Å². The van der Waals surface area contributed by atoms with Crippen LogP contribution in [0.2, 0.25) is 0 Å². The van der Waals surface area contributed by atoms with Gasteiger partial charge in [-0.05, 0) is 51.4 Å². The van der Waals surface area contributed by atoms with E-state index >= 15 is 0 Å². The number of esters is 2. The first kappa shape index (κ1) is 54.3. The van der Waals surface area contributed by atoms with E-state index in [0.29, 0.717) is 12.8 Å². The largest absolute Gasteiger partial charge is 0.544 e. The molecule has 0 saturated heterocycles. The number of likely N-dealkylation sites (N-methyl/N-ethyl adjacent to an activating group) is 1. The molecule has 57 heavy (non-hydrogen) atoms. The van der Waals surface area contributed by atoms with Crippen LogP contribution >= 0.6 is 0 Å². The van der Waals surface area contributed by atoms with Gasteiger partial charge >= 0.3 is 11.9 Å². The molecule has 330 valence electrons. The molecule has 0 aliphatic rings.